The molecule has 0 saturated carbocycles. The maximum Gasteiger partial charge on any atom is 0.328 e. The zero-order valence-electron chi connectivity index (χ0n) is 21.1. The molecule has 2 heterocycles. The largest absolute Gasteiger partial charge is 0.478 e. The third kappa shape index (κ3) is 9.58. The van der Waals surface area contributed by atoms with E-state index in [9.17, 15) is 9.59 Å². The van der Waals surface area contributed by atoms with E-state index in [1.54, 1.807) is 11.8 Å². The lowest BCUT2D eigenvalue weighted by molar-refractivity contribution is -0.134. The molecular formula is C27H33N3O7S. The Morgan fingerprint density at radius 3 is 2.11 bits per heavy atom. The zero-order chi connectivity index (χ0) is 27.2. The monoisotopic (exact) mass is 543 g/mol. The highest BCUT2D eigenvalue weighted by Gasteiger charge is 2.25. The van der Waals surface area contributed by atoms with Crippen LogP contribution in [0.4, 0.5) is 5.69 Å². The standard InChI is InChI=1S/C23H29N3O3S.C4H4O4/c27-14-16-29-18-17-28-15-13-25-9-11-26(12-10-25)23-19-5-1-3-7-21(19)30-22-8-4-2-6-20(22)24-23;5-3(6)1-2-4(7)8/h1-8,27H,9-18H2;1-2H,(H,5,6)(H,7,8). The maximum atomic E-state index is 9.55. The third-order valence-electron chi connectivity index (χ3n) is 5.64. The number of nitrogens with zero attached hydrogens (tertiary/aromatic N) is 3. The van der Waals surface area contributed by atoms with Crippen LogP contribution in [0.5, 0.6) is 0 Å². The van der Waals surface area contributed by atoms with Crippen molar-refractivity contribution in [2.75, 3.05) is 65.8 Å². The molecule has 0 atom stereocenters. The maximum absolute atomic E-state index is 9.55. The molecule has 0 amide bonds. The predicted molar refractivity (Wildman–Crippen MR) is 144 cm³/mol. The molecular weight excluding hydrogens is 510 g/mol. The molecule has 2 aromatic rings. The first-order chi connectivity index (χ1) is 18.5. The number of aliphatic imine (C=N–C) groups is 1. The van der Waals surface area contributed by atoms with Crippen molar-refractivity contribution in [3.8, 4) is 0 Å². The second kappa shape index (κ2) is 15.9. The molecule has 4 rings (SSSR count). The van der Waals surface area contributed by atoms with Crippen LogP contribution < -0.4 is 0 Å². The number of ether oxygens (including phenoxy) is 2. The molecule has 0 radical (unpaired) electrons. The van der Waals surface area contributed by atoms with Crippen molar-refractivity contribution in [1.29, 1.82) is 0 Å². The molecule has 0 unspecified atom stereocenters. The van der Waals surface area contributed by atoms with E-state index in [4.69, 9.17) is 29.8 Å². The van der Waals surface area contributed by atoms with E-state index < -0.39 is 11.9 Å². The van der Waals surface area contributed by atoms with Gasteiger partial charge in [-0.15, -0.1) is 0 Å². The van der Waals surface area contributed by atoms with Gasteiger partial charge in [-0.05, 0) is 18.2 Å². The quantitative estimate of drug-likeness (QED) is 0.303. The summed E-state index contributed by atoms with van der Waals surface area (Å²) in [6.45, 7) is 7.09. The average molecular weight is 544 g/mol. The molecule has 0 aromatic heterocycles. The van der Waals surface area contributed by atoms with Gasteiger partial charge in [-0.2, -0.15) is 0 Å². The number of carboxylic acid groups (broad SMARTS) is 2. The summed E-state index contributed by atoms with van der Waals surface area (Å²) in [5, 5.41) is 24.3. The Hall–Kier alpha value is -3.22. The number of aliphatic carboxylic acids is 2. The molecule has 11 heteroatoms. The number of fused-ring (bicyclic) bond motifs is 2. The first kappa shape index (κ1) is 29.3. The Bertz CT molecular complexity index is 1100. The van der Waals surface area contributed by atoms with Gasteiger partial charge in [0.15, 0.2) is 0 Å². The van der Waals surface area contributed by atoms with Gasteiger partial charge in [-0.3, -0.25) is 4.90 Å². The number of amidine groups is 1. The molecule has 2 aliphatic rings. The zero-order valence-corrected chi connectivity index (χ0v) is 21.9. The number of aliphatic hydroxyl groups is 1. The van der Waals surface area contributed by atoms with Gasteiger partial charge in [0, 0.05) is 60.2 Å². The topological polar surface area (TPSA) is 132 Å². The molecule has 1 fully saturated rings. The summed E-state index contributed by atoms with van der Waals surface area (Å²) >= 11 is 1.80. The second-order valence-corrected chi connectivity index (χ2v) is 9.37. The number of rotatable bonds is 10. The Morgan fingerprint density at radius 2 is 1.45 bits per heavy atom. The van der Waals surface area contributed by atoms with Crippen LogP contribution in [-0.4, -0.2) is 109 Å². The lowest BCUT2D eigenvalue weighted by Crippen LogP contribution is -2.49. The summed E-state index contributed by atoms with van der Waals surface area (Å²) in [7, 11) is 0. The fraction of sp³-hybridized carbons (Fsp3) is 0.370. The van der Waals surface area contributed by atoms with Gasteiger partial charge in [-0.1, -0.05) is 42.1 Å². The number of para-hydroxylation sites is 1. The van der Waals surface area contributed by atoms with Crippen molar-refractivity contribution in [1.82, 2.24) is 9.80 Å². The van der Waals surface area contributed by atoms with E-state index in [1.807, 2.05) is 0 Å². The summed E-state index contributed by atoms with van der Waals surface area (Å²) in [5.74, 6) is -1.43. The SMILES string of the molecule is O=C(O)C=CC(=O)O.OCCOCCOCCN1CCN(C2=Nc3ccccc3Sc3ccccc32)CC1. The molecule has 10 nitrogen and oxygen atoms in total. The van der Waals surface area contributed by atoms with Crippen molar-refractivity contribution in [3.63, 3.8) is 0 Å². The average Bonchev–Trinajstić information content (AvgIpc) is 3.09. The van der Waals surface area contributed by atoms with Crippen LogP contribution in [0.15, 0.2) is 75.5 Å². The summed E-state index contributed by atoms with van der Waals surface area (Å²) < 4.78 is 10.8. The molecule has 2 aromatic carbocycles. The van der Waals surface area contributed by atoms with E-state index in [0.717, 1.165) is 44.2 Å². The summed E-state index contributed by atoms with van der Waals surface area (Å²) in [5.41, 5.74) is 2.27. The number of hydrogen-bond donors (Lipinski definition) is 3. The van der Waals surface area contributed by atoms with E-state index >= 15 is 0 Å². The summed E-state index contributed by atoms with van der Waals surface area (Å²) in [6, 6.07) is 17.0. The highest BCUT2D eigenvalue weighted by molar-refractivity contribution is 7.99. The van der Waals surface area contributed by atoms with Crippen LogP contribution in [-0.2, 0) is 19.1 Å². The van der Waals surface area contributed by atoms with Gasteiger partial charge >= 0.3 is 11.9 Å². The third-order valence-corrected chi connectivity index (χ3v) is 6.78. The number of hydrogen-bond acceptors (Lipinski definition) is 9. The number of aliphatic hydroxyl groups excluding tert-OH is 1. The first-order valence-corrected chi connectivity index (χ1v) is 13.1. The Kier molecular flexibility index (Phi) is 12.3. The van der Waals surface area contributed by atoms with Crippen LogP contribution in [0.1, 0.15) is 5.56 Å². The minimum Gasteiger partial charge on any atom is -0.478 e. The number of carboxylic acids is 2. The number of carbonyl (C=O) groups is 2. The molecule has 38 heavy (non-hydrogen) atoms. The van der Waals surface area contributed by atoms with Crippen molar-refractivity contribution in [3.05, 3.63) is 66.2 Å². The number of piperazine rings is 1. The van der Waals surface area contributed by atoms with Gasteiger partial charge in [0.2, 0.25) is 0 Å². The minimum atomic E-state index is -1.26. The lowest BCUT2D eigenvalue weighted by atomic mass is 10.1. The van der Waals surface area contributed by atoms with Gasteiger partial charge < -0.3 is 29.7 Å². The Balaban J connectivity index is 0.000000436. The predicted octanol–water partition coefficient (Wildman–Crippen LogP) is 2.58. The second-order valence-electron chi connectivity index (χ2n) is 8.29. The first-order valence-electron chi connectivity index (χ1n) is 12.3. The van der Waals surface area contributed by atoms with Crippen LogP contribution in [0, 0.1) is 0 Å². The lowest BCUT2D eigenvalue weighted by Gasteiger charge is -2.36. The van der Waals surface area contributed by atoms with E-state index in [1.165, 1.54) is 15.4 Å². The van der Waals surface area contributed by atoms with Crippen molar-refractivity contribution in [2.24, 2.45) is 4.99 Å². The van der Waals surface area contributed by atoms with Crippen LogP contribution >= 0.6 is 11.8 Å². The molecule has 0 aliphatic carbocycles. The molecule has 204 valence electrons. The highest BCUT2D eigenvalue weighted by atomic mass is 32.2. The molecule has 2 aliphatic heterocycles. The summed E-state index contributed by atoms with van der Waals surface area (Å²) in [4.78, 5) is 31.5. The van der Waals surface area contributed by atoms with E-state index in [0.29, 0.717) is 38.6 Å². The normalized spacial score (nSPS) is 15.1. The van der Waals surface area contributed by atoms with Crippen molar-refractivity contribution < 1.29 is 34.4 Å². The highest BCUT2D eigenvalue weighted by Crippen LogP contribution is 2.40. The molecule has 3 N–H and O–H groups in total. The van der Waals surface area contributed by atoms with E-state index in [-0.39, 0.29) is 6.61 Å². The van der Waals surface area contributed by atoms with Gasteiger partial charge in [0.25, 0.3) is 0 Å². The minimum absolute atomic E-state index is 0.0598. The van der Waals surface area contributed by atoms with Gasteiger partial charge in [-0.25, -0.2) is 14.6 Å². The smallest absolute Gasteiger partial charge is 0.328 e. The van der Waals surface area contributed by atoms with Crippen molar-refractivity contribution in [2.45, 2.75) is 9.79 Å². The fourth-order valence-electron chi connectivity index (χ4n) is 3.82. The molecule has 0 bridgehead atoms. The summed E-state index contributed by atoms with van der Waals surface area (Å²) in [6.07, 6.45) is 1.12. The Morgan fingerprint density at radius 1 is 0.842 bits per heavy atom. The fourth-order valence-corrected chi connectivity index (χ4v) is 4.83. The Labute approximate surface area is 226 Å². The van der Waals surface area contributed by atoms with Crippen LogP contribution in [0.2, 0.25) is 0 Å². The van der Waals surface area contributed by atoms with Crippen molar-refractivity contribution >= 4 is 35.2 Å². The van der Waals surface area contributed by atoms with Gasteiger partial charge in [0.05, 0.1) is 38.7 Å². The van der Waals surface area contributed by atoms with Crippen LogP contribution in [0.25, 0.3) is 0 Å². The van der Waals surface area contributed by atoms with Gasteiger partial charge in [0.1, 0.15) is 5.84 Å². The molecule has 1 saturated heterocycles. The molecule has 0 spiro atoms. The number of benzene rings is 2. The van der Waals surface area contributed by atoms with Crippen LogP contribution in [0.3, 0.4) is 0 Å². The van der Waals surface area contributed by atoms with E-state index in [2.05, 4.69) is 58.3 Å².